The van der Waals surface area contributed by atoms with Crippen LogP contribution in [0.5, 0.6) is 5.75 Å². The summed E-state index contributed by atoms with van der Waals surface area (Å²) in [6, 6.07) is 13.4. The van der Waals surface area contributed by atoms with Crippen LogP contribution in [0.25, 0.3) is 21.0 Å². The highest BCUT2D eigenvalue weighted by Gasteiger charge is 2.19. The SMILES string of the molecule is COC(=O)c1sc2c(cnc3cc(OCc4ccccc4)c(CO)cc32)c1N. The minimum Gasteiger partial charge on any atom is -0.488 e. The zero-order valence-corrected chi connectivity index (χ0v) is 16.0. The molecule has 0 spiro atoms. The quantitative estimate of drug-likeness (QED) is 0.499. The summed E-state index contributed by atoms with van der Waals surface area (Å²) in [5, 5.41) is 11.3. The number of hydrogen-bond donors (Lipinski definition) is 2. The number of aliphatic hydroxyl groups is 1. The molecule has 2 aromatic heterocycles. The number of pyridine rings is 1. The smallest absolute Gasteiger partial charge is 0.350 e. The number of methoxy groups -OCH3 is 1. The highest BCUT2D eigenvalue weighted by molar-refractivity contribution is 7.22. The number of anilines is 1. The number of aromatic nitrogens is 1. The van der Waals surface area contributed by atoms with Crippen LogP contribution in [0.3, 0.4) is 0 Å². The molecule has 142 valence electrons. The van der Waals surface area contributed by atoms with E-state index in [2.05, 4.69) is 4.98 Å². The summed E-state index contributed by atoms with van der Waals surface area (Å²) in [6.07, 6.45) is 1.65. The second kappa shape index (κ2) is 7.46. The van der Waals surface area contributed by atoms with Crippen LogP contribution < -0.4 is 10.5 Å². The molecule has 0 aliphatic heterocycles. The minimum atomic E-state index is -0.475. The van der Waals surface area contributed by atoms with Gasteiger partial charge in [-0.15, -0.1) is 11.3 Å². The summed E-state index contributed by atoms with van der Waals surface area (Å²) < 4.78 is 11.6. The van der Waals surface area contributed by atoms with Crippen LogP contribution in [-0.4, -0.2) is 23.2 Å². The Morgan fingerprint density at radius 1 is 1.21 bits per heavy atom. The molecule has 0 aliphatic carbocycles. The van der Waals surface area contributed by atoms with Gasteiger partial charge in [0.2, 0.25) is 0 Å². The maximum absolute atomic E-state index is 12.0. The van der Waals surface area contributed by atoms with Gasteiger partial charge in [0.15, 0.2) is 0 Å². The first kappa shape index (κ1) is 18.2. The van der Waals surface area contributed by atoms with Crippen LogP contribution in [0.4, 0.5) is 5.69 Å². The molecule has 0 atom stereocenters. The summed E-state index contributed by atoms with van der Waals surface area (Å²) in [5.74, 6) is 0.0977. The first-order chi connectivity index (χ1) is 13.6. The van der Waals surface area contributed by atoms with Gasteiger partial charge in [0.25, 0.3) is 0 Å². The van der Waals surface area contributed by atoms with E-state index in [-0.39, 0.29) is 6.61 Å². The Kier molecular flexibility index (Phi) is 4.85. The third kappa shape index (κ3) is 3.15. The number of aliphatic hydroxyl groups excluding tert-OH is 1. The number of benzene rings is 2. The molecular formula is C21H18N2O4S. The van der Waals surface area contributed by atoms with Gasteiger partial charge in [0.05, 0.1) is 24.9 Å². The lowest BCUT2D eigenvalue weighted by Crippen LogP contribution is -2.01. The lowest BCUT2D eigenvalue weighted by Gasteiger charge is -2.12. The molecule has 3 N–H and O–H groups in total. The zero-order valence-electron chi connectivity index (χ0n) is 15.1. The van der Waals surface area contributed by atoms with Crippen LogP contribution in [0, 0.1) is 0 Å². The van der Waals surface area contributed by atoms with Crippen molar-refractivity contribution in [3.05, 3.63) is 64.7 Å². The molecule has 28 heavy (non-hydrogen) atoms. The van der Waals surface area contributed by atoms with Crippen molar-refractivity contribution in [2.24, 2.45) is 0 Å². The number of rotatable bonds is 5. The topological polar surface area (TPSA) is 94.7 Å². The van der Waals surface area contributed by atoms with Gasteiger partial charge in [-0.1, -0.05) is 30.3 Å². The number of esters is 1. The van der Waals surface area contributed by atoms with Gasteiger partial charge in [-0.05, 0) is 11.6 Å². The maximum Gasteiger partial charge on any atom is 0.350 e. The number of nitrogens with zero attached hydrogens (tertiary/aromatic N) is 1. The number of carbonyl (C=O) groups excluding carboxylic acids is 1. The average Bonchev–Trinajstić information content (AvgIpc) is 3.08. The molecule has 2 heterocycles. The van der Waals surface area contributed by atoms with Crippen molar-refractivity contribution < 1.29 is 19.4 Å². The van der Waals surface area contributed by atoms with E-state index in [0.717, 1.165) is 15.6 Å². The standard InChI is InChI=1S/C21H18N2O4S/c1-26-21(25)20-18(22)15-9-23-16-8-17(27-11-12-5-3-2-4-6-12)13(10-24)7-14(16)19(15)28-20/h2-9,24H,10-11,22H2,1H3. The lowest BCUT2D eigenvalue weighted by molar-refractivity contribution is 0.0607. The monoisotopic (exact) mass is 394 g/mol. The number of nitrogens with two attached hydrogens (primary N) is 1. The second-order valence-electron chi connectivity index (χ2n) is 6.25. The van der Waals surface area contributed by atoms with E-state index in [1.165, 1.54) is 18.4 Å². The van der Waals surface area contributed by atoms with Crippen molar-refractivity contribution in [3.8, 4) is 5.75 Å². The molecule has 2 aromatic carbocycles. The number of hydrogen-bond acceptors (Lipinski definition) is 7. The van der Waals surface area contributed by atoms with E-state index < -0.39 is 5.97 Å². The summed E-state index contributed by atoms with van der Waals surface area (Å²) in [6.45, 7) is 0.210. The Morgan fingerprint density at radius 2 is 2.00 bits per heavy atom. The highest BCUT2D eigenvalue weighted by Crippen LogP contribution is 2.39. The van der Waals surface area contributed by atoms with Gasteiger partial charge < -0.3 is 20.3 Å². The average molecular weight is 394 g/mol. The van der Waals surface area contributed by atoms with Gasteiger partial charge in [-0.25, -0.2) is 4.79 Å². The van der Waals surface area contributed by atoms with Gasteiger partial charge >= 0.3 is 5.97 Å². The fourth-order valence-electron chi connectivity index (χ4n) is 3.06. The Hall–Kier alpha value is -3.16. The van der Waals surface area contributed by atoms with E-state index >= 15 is 0 Å². The molecule has 4 aromatic rings. The van der Waals surface area contributed by atoms with E-state index in [1.54, 1.807) is 12.3 Å². The molecule has 0 bridgehead atoms. The van der Waals surface area contributed by atoms with Crippen LogP contribution in [0.1, 0.15) is 20.8 Å². The number of carbonyl (C=O) groups is 1. The van der Waals surface area contributed by atoms with E-state index in [9.17, 15) is 9.90 Å². The Bertz CT molecular complexity index is 1170. The summed E-state index contributed by atoms with van der Waals surface area (Å²) >= 11 is 1.26. The first-order valence-electron chi connectivity index (χ1n) is 8.62. The molecule has 0 aliphatic rings. The molecule has 0 amide bonds. The fourth-order valence-corrected chi connectivity index (χ4v) is 4.20. The molecule has 0 saturated heterocycles. The first-order valence-corrected chi connectivity index (χ1v) is 9.43. The Balaban J connectivity index is 1.80. The van der Waals surface area contributed by atoms with Crippen molar-refractivity contribution >= 4 is 44.0 Å². The van der Waals surface area contributed by atoms with Crippen LogP contribution in [0.2, 0.25) is 0 Å². The lowest BCUT2D eigenvalue weighted by atomic mass is 10.1. The summed E-state index contributed by atoms with van der Waals surface area (Å²) in [7, 11) is 1.32. The molecule has 0 saturated carbocycles. The highest BCUT2D eigenvalue weighted by atomic mass is 32.1. The largest absolute Gasteiger partial charge is 0.488 e. The van der Waals surface area contributed by atoms with Gasteiger partial charge in [-0.3, -0.25) is 4.98 Å². The summed E-state index contributed by atoms with van der Waals surface area (Å²) in [4.78, 5) is 16.8. The van der Waals surface area contributed by atoms with E-state index in [4.69, 9.17) is 15.2 Å². The molecule has 0 unspecified atom stereocenters. The third-order valence-electron chi connectivity index (χ3n) is 4.52. The summed E-state index contributed by atoms with van der Waals surface area (Å²) in [5.41, 5.74) is 8.85. The third-order valence-corrected chi connectivity index (χ3v) is 5.75. The van der Waals surface area contributed by atoms with Crippen LogP contribution in [0.15, 0.2) is 48.7 Å². The molecular weight excluding hydrogens is 376 g/mol. The van der Waals surface area contributed by atoms with Crippen LogP contribution in [-0.2, 0) is 18.0 Å². The molecule has 7 heteroatoms. The predicted octanol–water partition coefficient (Wildman–Crippen LogP) is 3.89. The van der Waals surface area contributed by atoms with Crippen molar-refractivity contribution in [2.75, 3.05) is 12.8 Å². The molecule has 0 fully saturated rings. The molecule has 6 nitrogen and oxygen atoms in total. The van der Waals surface area contributed by atoms with Crippen LogP contribution >= 0.6 is 11.3 Å². The van der Waals surface area contributed by atoms with Crippen molar-refractivity contribution in [1.29, 1.82) is 0 Å². The van der Waals surface area contributed by atoms with Crippen molar-refractivity contribution in [1.82, 2.24) is 4.98 Å². The molecule has 4 rings (SSSR count). The van der Waals surface area contributed by atoms with Gasteiger partial charge in [0.1, 0.15) is 17.2 Å². The number of thiophene rings is 1. The van der Waals surface area contributed by atoms with Crippen molar-refractivity contribution in [3.63, 3.8) is 0 Å². The normalized spacial score (nSPS) is 11.1. The van der Waals surface area contributed by atoms with Gasteiger partial charge in [0, 0.05) is 33.3 Å². The van der Waals surface area contributed by atoms with E-state index in [0.29, 0.717) is 39.4 Å². The number of nitrogen functional groups attached to an aromatic ring is 1. The van der Waals surface area contributed by atoms with Gasteiger partial charge in [-0.2, -0.15) is 0 Å². The number of ether oxygens (including phenoxy) is 2. The Morgan fingerprint density at radius 3 is 2.71 bits per heavy atom. The second-order valence-corrected chi connectivity index (χ2v) is 7.27. The minimum absolute atomic E-state index is 0.179. The van der Waals surface area contributed by atoms with Crippen molar-refractivity contribution in [2.45, 2.75) is 13.2 Å². The zero-order chi connectivity index (χ0) is 19.7. The Labute approximate surface area is 165 Å². The van der Waals surface area contributed by atoms with E-state index in [1.807, 2.05) is 36.4 Å². The molecule has 0 radical (unpaired) electrons. The number of fused-ring (bicyclic) bond motifs is 3. The maximum atomic E-state index is 12.0. The fraction of sp³-hybridized carbons (Fsp3) is 0.143. The predicted molar refractivity (Wildman–Crippen MR) is 110 cm³/mol.